The van der Waals surface area contributed by atoms with Gasteiger partial charge in [-0.05, 0) is 25.7 Å². The van der Waals surface area contributed by atoms with Gasteiger partial charge in [-0.2, -0.15) is 0 Å². The van der Waals surface area contributed by atoms with E-state index in [1.54, 1.807) is 0 Å². The Morgan fingerprint density at radius 1 is 0.962 bits per heavy atom. The number of carbonyl (C=O) groups is 1. The number of nitrogens with one attached hydrogen (secondary N) is 2. The molecule has 6 nitrogen and oxygen atoms in total. The average Bonchev–Trinajstić information content (AvgIpc) is 3.23. The van der Waals surface area contributed by atoms with Crippen molar-refractivity contribution in [1.29, 1.82) is 0 Å². The van der Waals surface area contributed by atoms with Gasteiger partial charge in [0.25, 0.3) is 0 Å². The number of aliphatic imine (C=N–C) groups is 1. The Hall–Kier alpha value is -1.30. The fourth-order valence-electron chi connectivity index (χ4n) is 4.59. The van der Waals surface area contributed by atoms with Crippen molar-refractivity contribution in [3.63, 3.8) is 0 Å². The summed E-state index contributed by atoms with van der Waals surface area (Å²) in [5.74, 6) is 1.67. The minimum absolute atomic E-state index is 0.317. The molecule has 2 N–H and O–H groups in total. The largest absolute Gasteiger partial charge is 0.355 e. The highest BCUT2D eigenvalue weighted by Crippen LogP contribution is 2.26. The highest BCUT2D eigenvalue weighted by atomic mass is 16.2. The number of guanidine groups is 1. The first-order valence-corrected chi connectivity index (χ1v) is 10.7. The lowest BCUT2D eigenvalue weighted by atomic mass is 9.96. The highest BCUT2D eigenvalue weighted by Gasteiger charge is 2.29. The molecule has 0 bridgehead atoms. The average molecular weight is 364 g/mol. The monoisotopic (exact) mass is 363 g/mol. The van der Waals surface area contributed by atoms with Crippen molar-refractivity contribution in [2.45, 2.75) is 63.8 Å². The third-order valence-electron chi connectivity index (χ3n) is 6.28. The molecule has 3 aliphatic rings. The summed E-state index contributed by atoms with van der Waals surface area (Å²) >= 11 is 0. The zero-order chi connectivity index (χ0) is 18.2. The van der Waals surface area contributed by atoms with E-state index < -0.39 is 0 Å². The van der Waals surface area contributed by atoms with Gasteiger partial charge in [-0.25, -0.2) is 0 Å². The fourth-order valence-corrected chi connectivity index (χ4v) is 4.59. The van der Waals surface area contributed by atoms with Gasteiger partial charge in [0.15, 0.2) is 5.96 Å². The van der Waals surface area contributed by atoms with E-state index in [9.17, 15) is 4.79 Å². The molecule has 0 atom stereocenters. The van der Waals surface area contributed by atoms with Crippen LogP contribution >= 0.6 is 0 Å². The van der Waals surface area contributed by atoms with Crippen LogP contribution in [0.5, 0.6) is 0 Å². The molecule has 0 aromatic heterocycles. The van der Waals surface area contributed by atoms with Gasteiger partial charge in [0, 0.05) is 58.3 Å². The number of piperazine rings is 1. The Kier molecular flexibility index (Phi) is 7.59. The Bertz CT molecular complexity index is 461. The molecule has 0 radical (unpaired) electrons. The number of rotatable bonds is 5. The minimum atomic E-state index is 0.317. The quantitative estimate of drug-likeness (QED) is 0.578. The third-order valence-corrected chi connectivity index (χ3v) is 6.28. The molecule has 2 saturated carbocycles. The predicted molar refractivity (Wildman–Crippen MR) is 106 cm³/mol. The van der Waals surface area contributed by atoms with E-state index in [1.807, 2.05) is 7.05 Å². The molecule has 26 heavy (non-hydrogen) atoms. The molecule has 1 amide bonds. The fraction of sp³-hybridized carbons (Fsp3) is 0.900. The van der Waals surface area contributed by atoms with Crippen molar-refractivity contribution >= 4 is 11.9 Å². The van der Waals surface area contributed by atoms with E-state index in [4.69, 9.17) is 0 Å². The maximum absolute atomic E-state index is 12.5. The first kappa shape index (κ1) is 19.5. The van der Waals surface area contributed by atoms with Gasteiger partial charge in [0.05, 0.1) is 0 Å². The highest BCUT2D eigenvalue weighted by molar-refractivity contribution is 5.80. The molecule has 6 heteroatoms. The minimum Gasteiger partial charge on any atom is -0.355 e. The molecule has 0 aromatic carbocycles. The molecule has 2 aliphatic carbocycles. The Balaban J connectivity index is 1.31. The molecule has 0 aromatic rings. The lowest BCUT2D eigenvalue weighted by Gasteiger charge is -2.36. The number of hydrogen-bond donors (Lipinski definition) is 2. The summed E-state index contributed by atoms with van der Waals surface area (Å²) < 4.78 is 0. The molecule has 1 heterocycles. The first-order valence-electron chi connectivity index (χ1n) is 10.7. The Labute approximate surface area is 158 Å². The van der Waals surface area contributed by atoms with Crippen molar-refractivity contribution in [2.75, 3.05) is 46.3 Å². The predicted octanol–water partition coefficient (Wildman–Crippen LogP) is 1.82. The van der Waals surface area contributed by atoms with Crippen molar-refractivity contribution in [2.24, 2.45) is 10.9 Å². The smallest absolute Gasteiger partial charge is 0.225 e. The second-order valence-corrected chi connectivity index (χ2v) is 8.13. The Morgan fingerprint density at radius 2 is 1.62 bits per heavy atom. The summed E-state index contributed by atoms with van der Waals surface area (Å²) in [6, 6.07) is 0.583. The van der Waals surface area contributed by atoms with E-state index in [0.717, 1.165) is 58.1 Å². The van der Waals surface area contributed by atoms with Crippen molar-refractivity contribution < 1.29 is 4.79 Å². The second-order valence-electron chi connectivity index (χ2n) is 8.13. The summed E-state index contributed by atoms with van der Waals surface area (Å²) in [5.41, 5.74) is 0. The zero-order valence-corrected chi connectivity index (χ0v) is 16.5. The molecule has 1 saturated heterocycles. The van der Waals surface area contributed by atoms with Gasteiger partial charge in [-0.1, -0.05) is 32.1 Å². The maximum Gasteiger partial charge on any atom is 0.225 e. The van der Waals surface area contributed by atoms with Crippen LogP contribution < -0.4 is 10.6 Å². The number of carbonyl (C=O) groups excluding carboxylic acids is 1. The van der Waals surface area contributed by atoms with Gasteiger partial charge in [0.1, 0.15) is 0 Å². The molecule has 0 unspecified atom stereocenters. The summed E-state index contributed by atoms with van der Waals surface area (Å²) in [7, 11) is 1.85. The Morgan fingerprint density at radius 3 is 2.27 bits per heavy atom. The molecule has 3 rings (SSSR count). The van der Waals surface area contributed by atoms with E-state index in [1.165, 1.54) is 44.9 Å². The number of amides is 1. The van der Waals surface area contributed by atoms with E-state index in [-0.39, 0.29) is 0 Å². The van der Waals surface area contributed by atoms with E-state index in [0.29, 0.717) is 17.9 Å². The van der Waals surface area contributed by atoms with Gasteiger partial charge >= 0.3 is 0 Å². The van der Waals surface area contributed by atoms with Crippen LogP contribution in [0.25, 0.3) is 0 Å². The van der Waals surface area contributed by atoms with Gasteiger partial charge < -0.3 is 15.5 Å². The topological polar surface area (TPSA) is 60.0 Å². The van der Waals surface area contributed by atoms with Crippen LogP contribution in [0.1, 0.15) is 57.8 Å². The molecular weight excluding hydrogens is 326 g/mol. The normalized spacial score (nSPS) is 24.0. The molecular formula is C20H37N5O. The SMILES string of the molecule is CN=C(NCCN1CCN(C(=O)C2CCCC2)CC1)NC1CCCCC1. The van der Waals surface area contributed by atoms with Crippen LogP contribution in [-0.2, 0) is 4.79 Å². The van der Waals surface area contributed by atoms with E-state index >= 15 is 0 Å². The van der Waals surface area contributed by atoms with Gasteiger partial charge in [0.2, 0.25) is 5.91 Å². The van der Waals surface area contributed by atoms with Gasteiger partial charge in [-0.15, -0.1) is 0 Å². The lowest BCUT2D eigenvalue weighted by molar-refractivity contribution is -0.137. The summed E-state index contributed by atoms with van der Waals surface area (Å²) in [6.45, 7) is 5.69. The molecule has 148 valence electrons. The van der Waals surface area contributed by atoms with Crippen LogP contribution in [-0.4, -0.2) is 74.0 Å². The second kappa shape index (κ2) is 10.1. The molecule has 1 aliphatic heterocycles. The maximum atomic E-state index is 12.5. The summed E-state index contributed by atoms with van der Waals surface area (Å²) in [5, 5.41) is 7.02. The zero-order valence-electron chi connectivity index (χ0n) is 16.5. The van der Waals surface area contributed by atoms with Gasteiger partial charge in [-0.3, -0.25) is 14.7 Å². The van der Waals surface area contributed by atoms with Crippen LogP contribution in [0.3, 0.4) is 0 Å². The molecule has 3 fully saturated rings. The van der Waals surface area contributed by atoms with Crippen molar-refractivity contribution in [3.8, 4) is 0 Å². The van der Waals surface area contributed by atoms with Crippen LogP contribution in [0.4, 0.5) is 0 Å². The summed E-state index contributed by atoms with van der Waals surface area (Å²) in [4.78, 5) is 21.4. The third kappa shape index (κ3) is 5.60. The standard InChI is InChI=1S/C20H37N5O/c1-21-20(23-18-9-3-2-4-10-18)22-11-12-24-13-15-25(16-14-24)19(26)17-7-5-6-8-17/h17-18H,2-16H2,1H3,(H2,21,22,23). The van der Waals surface area contributed by atoms with Crippen LogP contribution in [0.15, 0.2) is 4.99 Å². The summed E-state index contributed by atoms with van der Waals surface area (Å²) in [6.07, 6.45) is 11.2. The number of nitrogens with zero attached hydrogens (tertiary/aromatic N) is 3. The van der Waals surface area contributed by atoms with Crippen molar-refractivity contribution in [3.05, 3.63) is 0 Å². The first-order chi connectivity index (χ1) is 12.8. The van der Waals surface area contributed by atoms with Crippen molar-refractivity contribution in [1.82, 2.24) is 20.4 Å². The van der Waals surface area contributed by atoms with Crippen LogP contribution in [0, 0.1) is 5.92 Å². The molecule has 0 spiro atoms. The van der Waals surface area contributed by atoms with Crippen LogP contribution in [0.2, 0.25) is 0 Å². The number of hydrogen-bond acceptors (Lipinski definition) is 3. The lowest BCUT2D eigenvalue weighted by Crippen LogP contribution is -2.52. The van der Waals surface area contributed by atoms with E-state index in [2.05, 4.69) is 25.4 Å².